The first-order valence-electron chi connectivity index (χ1n) is 12.3. The Morgan fingerprint density at radius 1 is 0.842 bits per heavy atom. The summed E-state index contributed by atoms with van der Waals surface area (Å²) in [6.45, 7) is 2.85. The zero-order chi connectivity index (χ0) is 26.5. The van der Waals surface area contributed by atoms with Crippen LogP contribution >= 0.6 is 23.4 Å². The molecule has 1 amide bonds. The Morgan fingerprint density at radius 2 is 1.45 bits per heavy atom. The van der Waals surface area contributed by atoms with E-state index in [1.165, 1.54) is 11.8 Å². The number of hydrogen-bond acceptors (Lipinski definition) is 4. The van der Waals surface area contributed by atoms with Crippen molar-refractivity contribution < 1.29 is 4.79 Å². The number of aromatic nitrogens is 2. The molecule has 0 aliphatic carbocycles. The van der Waals surface area contributed by atoms with Crippen molar-refractivity contribution in [2.45, 2.75) is 25.2 Å². The third-order valence-electron chi connectivity index (χ3n) is 6.33. The molecule has 5 nitrogen and oxygen atoms in total. The van der Waals surface area contributed by atoms with Gasteiger partial charge in [-0.2, -0.15) is 0 Å². The van der Waals surface area contributed by atoms with E-state index in [1.54, 1.807) is 16.7 Å². The van der Waals surface area contributed by atoms with Gasteiger partial charge in [0.2, 0.25) is 5.91 Å². The summed E-state index contributed by atoms with van der Waals surface area (Å²) in [5, 5.41) is 1.52. The summed E-state index contributed by atoms with van der Waals surface area (Å²) in [5.74, 6) is 0.0869. The number of rotatable bonds is 8. The number of amides is 1. The molecule has 38 heavy (non-hydrogen) atoms. The Bertz CT molecular complexity index is 1600. The van der Waals surface area contributed by atoms with Crippen molar-refractivity contribution in [3.8, 4) is 5.69 Å². The Morgan fingerprint density at radius 3 is 2.11 bits per heavy atom. The van der Waals surface area contributed by atoms with Gasteiger partial charge in [-0.3, -0.25) is 14.2 Å². The Balaban J connectivity index is 1.49. The number of hydrogen-bond donors (Lipinski definition) is 0. The molecule has 7 heteroatoms. The zero-order valence-corrected chi connectivity index (χ0v) is 22.5. The molecule has 0 radical (unpaired) electrons. The van der Waals surface area contributed by atoms with Crippen molar-refractivity contribution in [2.75, 3.05) is 5.75 Å². The second-order valence-electron chi connectivity index (χ2n) is 8.95. The van der Waals surface area contributed by atoms with Crippen LogP contribution in [-0.4, -0.2) is 26.1 Å². The molecular formula is C31H26ClN3O2S. The third-order valence-corrected chi connectivity index (χ3v) is 7.67. The Labute approximate surface area is 230 Å². The van der Waals surface area contributed by atoms with Crippen LogP contribution in [-0.2, 0) is 17.9 Å². The fourth-order valence-electron chi connectivity index (χ4n) is 4.32. The molecule has 0 fully saturated rings. The van der Waals surface area contributed by atoms with Gasteiger partial charge in [-0.15, -0.1) is 0 Å². The van der Waals surface area contributed by atoms with Gasteiger partial charge < -0.3 is 4.90 Å². The van der Waals surface area contributed by atoms with E-state index in [0.29, 0.717) is 39.9 Å². The molecule has 5 rings (SSSR count). The molecule has 0 spiro atoms. The zero-order valence-electron chi connectivity index (χ0n) is 20.9. The van der Waals surface area contributed by atoms with E-state index in [9.17, 15) is 9.59 Å². The predicted molar refractivity (Wildman–Crippen MR) is 155 cm³/mol. The van der Waals surface area contributed by atoms with E-state index in [4.69, 9.17) is 16.6 Å². The molecule has 190 valence electrons. The van der Waals surface area contributed by atoms with Gasteiger partial charge in [0.15, 0.2) is 5.16 Å². The number of thioether (sulfide) groups is 1. The molecule has 0 aliphatic rings. The molecule has 0 unspecified atom stereocenters. The number of benzene rings is 4. The topological polar surface area (TPSA) is 55.2 Å². The van der Waals surface area contributed by atoms with Crippen LogP contribution in [0.4, 0.5) is 0 Å². The SMILES string of the molecule is Cc1c(Cl)cccc1-n1c(SCC(=O)N(Cc2ccccc2)Cc2ccccc2)nc2ccccc2c1=O. The molecule has 5 aromatic rings. The van der Waals surface area contributed by atoms with Gasteiger partial charge in [0.05, 0.1) is 22.3 Å². The van der Waals surface area contributed by atoms with E-state index < -0.39 is 0 Å². The largest absolute Gasteiger partial charge is 0.333 e. The highest BCUT2D eigenvalue weighted by Crippen LogP contribution is 2.27. The molecule has 4 aromatic carbocycles. The summed E-state index contributed by atoms with van der Waals surface area (Å²) in [7, 11) is 0. The van der Waals surface area contributed by atoms with Crippen LogP contribution < -0.4 is 5.56 Å². The second-order valence-corrected chi connectivity index (χ2v) is 10.3. The van der Waals surface area contributed by atoms with Crippen LogP contribution in [0.15, 0.2) is 113 Å². The molecule has 1 aromatic heterocycles. The average Bonchev–Trinajstić information content (AvgIpc) is 2.94. The van der Waals surface area contributed by atoms with Crippen LogP contribution in [0.3, 0.4) is 0 Å². The lowest BCUT2D eigenvalue weighted by atomic mass is 10.1. The lowest BCUT2D eigenvalue weighted by Crippen LogP contribution is -2.32. The van der Waals surface area contributed by atoms with Gasteiger partial charge in [-0.1, -0.05) is 102 Å². The van der Waals surface area contributed by atoms with Crippen molar-refractivity contribution >= 4 is 40.2 Å². The second kappa shape index (κ2) is 11.7. The van der Waals surface area contributed by atoms with Crippen molar-refractivity contribution in [3.63, 3.8) is 0 Å². The third kappa shape index (κ3) is 5.67. The molecule has 0 atom stereocenters. The molecule has 0 saturated carbocycles. The maximum Gasteiger partial charge on any atom is 0.266 e. The van der Waals surface area contributed by atoms with E-state index >= 15 is 0 Å². The van der Waals surface area contributed by atoms with Gasteiger partial charge in [0.1, 0.15) is 0 Å². The van der Waals surface area contributed by atoms with Gasteiger partial charge in [-0.25, -0.2) is 4.98 Å². The minimum absolute atomic E-state index is 0.0421. The van der Waals surface area contributed by atoms with E-state index in [2.05, 4.69) is 0 Å². The Hall–Kier alpha value is -3.87. The lowest BCUT2D eigenvalue weighted by Gasteiger charge is -2.23. The van der Waals surface area contributed by atoms with Crippen molar-refractivity contribution in [1.82, 2.24) is 14.5 Å². The lowest BCUT2D eigenvalue weighted by molar-refractivity contribution is -0.129. The highest BCUT2D eigenvalue weighted by atomic mass is 35.5. The van der Waals surface area contributed by atoms with E-state index in [-0.39, 0.29) is 17.2 Å². The number of para-hydroxylation sites is 1. The number of carbonyl (C=O) groups excluding carboxylic acids is 1. The highest BCUT2D eigenvalue weighted by molar-refractivity contribution is 7.99. The van der Waals surface area contributed by atoms with E-state index in [0.717, 1.165) is 16.7 Å². The van der Waals surface area contributed by atoms with Crippen LogP contribution in [0.25, 0.3) is 16.6 Å². The van der Waals surface area contributed by atoms with Gasteiger partial charge in [0.25, 0.3) is 5.56 Å². The van der Waals surface area contributed by atoms with Crippen LogP contribution in [0.5, 0.6) is 0 Å². The average molecular weight is 540 g/mol. The minimum Gasteiger partial charge on any atom is -0.333 e. The minimum atomic E-state index is -0.193. The number of halogens is 1. The van der Waals surface area contributed by atoms with Crippen LogP contribution in [0.1, 0.15) is 16.7 Å². The van der Waals surface area contributed by atoms with Crippen molar-refractivity contribution in [1.29, 1.82) is 0 Å². The summed E-state index contributed by atoms with van der Waals surface area (Å²) in [4.78, 5) is 33.9. The van der Waals surface area contributed by atoms with E-state index in [1.807, 2.05) is 103 Å². The van der Waals surface area contributed by atoms with Crippen molar-refractivity contribution in [2.24, 2.45) is 0 Å². The first-order chi connectivity index (χ1) is 18.5. The van der Waals surface area contributed by atoms with Crippen molar-refractivity contribution in [3.05, 3.63) is 135 Å². The summed E-state index contributed by atoms with van der Waals surface area (Å²) in [6, 6.07) is 32.6. The molecular weight excluding hydrogens is 514 g/mol. The molecule has 0 saturated heterocycles. The standard InChI is InChI=1S/C31H26ClN3O2S/c1-22-26(32)16-10-18-28(22)35-30(37)25-15-8-9-17-27(25)33-31(35)38-21-29(36)34(19-23-11-4-2-5-12-23)20-24-13-6-3-7-14-24/h2-18H,19-21H2,1H3. The number of fused-ring (bicyclic) bond motifs is 1. The Kier molecular flexibility index (Phi) is 7.91. The first kappa shape index (κ1) is 25.8. The monoisotopic (exact) mass is 539 g/mol. The van der Waals surface area contributed by atoms with Crippen LogP contribution in [0, 0.1) is 6.92 Å². The first-order valence-corrected chi connectivity index (χ1v) is 13.6. The predicted octanol–water partition coefficient (Wildman–Crippen LogP) is 6.67. The van der Waals surface area contributed by atoms with Gasteiger partial charge in [0, 0.05) is 18.1 Å². The smallest absolute Gasteiger partial charge is 0.266 e. The molecule has 1 heterocycles. The normalized spacial score (nSPS) is 11.0. The summed E-state index contributed by atoms with van der Waals surface area (Å²) in [6.07, 6.45) is 0. The molecule has 0 bridgehead atoms. The maximum atomic E-state index is 13.6. The van der Waals surface area contributed by atoms with Gasteiger partial charge in [-0.05, 0) is 47.9 Å². The van der Waals surface area contributed by atoms with Gasteiger partial charge >= 0.3 is 0 Å². The number of carbonyl (C=O) groups is 1. The highest BCUT2D eigenvalue weighted by Gasteiger charge is 2.20. The molecule has 0 N–H and O–H groups in total. The fraction of sp³-hybridized carbons (Fsp3) is 0.129. The fourth-order valence-corrected chi connectivity index (χ4v) is 5.40. The summed E-state index contributed by atoms with van der Waals surface area (Å²) >= 11 is 7.67. The summed E-state index contributed by atoms with van der Waals surface area (Å²) < 4.78 is 1.57. The molecule has 0 aliphatic heterocycles. The quantitative estimate of drug-likeness (QED) is 0.163. The maximum absolute atomic E-state index is 13.6. The number of nitrogens with zero attached hydrogens (tertiary/aromatic N) is 3. The van der Waals surface area contributed by atoms with Crippen LogP contribution in [0.2, 0.25) is 5.02 Å². The summed E-state index contributed by atoms with van der Waals surface area (Å²) in [5.41, 5.74) is 3.93.